The van der Waals surface area contributed by atoms with Crippen LogP contribution >= 0.6 is 11.6 Å². The Kier molecular flexibility index (Phi) is 8.83. The van der Waals surface area contributed by atoms with Gasteiger partial charge in [0.25, 0.3) is 11.8 Å². The van der Waals surface area contributed by atoms with Crippen molar-refractivity contribution in [1.82, 2.24) is 5.01 Å². The maximum Gasteiger partial charge on any atom is 0.301 e. The number of carbonyl (C=O) groups excluding carboxylic acids is 4. The Bertz CT molecular complexity index is 2410. The zero-order chi connectivity index (χ0) is 40.7. The molecule has 1 saturated carbocycles. The van der Waals surface area contributed by atoms with Crippen molar-refractivity contribution in [3.05, 3.63) is 139 Å². The number of hydrogen-bond donors (Lipinski definition) is 2. The standard InChI is InChI=1S/C40H32ClFN6O9/c1-44(2)35-31(47(54)55)17-25(18-32(35)48(56)57)45-36(50)28-16-15-27-29(33(28)38(45)52)19-30-37(51)46(43-24-11-9-23(42)10-12-24)39(53)40(30,21-5-7-22(41)8-6-21)34(27)20-3-13-26(49)14-4-20/h3-15,17-18,28-30,33-34,43,49H,16,19H2,1-2H3. The van der Waals surface area contributed by atoms with E-state index in [1.807, 2.05) is 0 Å². The molecule has 0 aromatic heterocycles. The minimum absolute atomic E-state index is 0.00711. The molecule has 4 aromatic rings. The molecule has 2 aliphatic heterocycles. The number of phenolic OH excluding ortho intramolecular Hbond substituents is 1. The highest BCUT2D eigenvalue weighted by Gasteiger charge is 2.70. The number of hydrazine groups is 1. The van der Waals surface area contributed by atoms with Crippen LogP contribution in [-0.2, 0) is 24.6 Å². The summed E-state index contributed by atoms with van der Waals surface area (Å²) in [6.07, 6.45) is 1.70. The fourth-order valence-corrected chi connectivity index (χ4v) is 9.53. The van der Waals surface area contributed by atoms with Gasteiger partial charge >= 0.3 is 11.4 Å². The molecular weight excluding hydrogens is 763 g/mol. The van der Waals surface area contributed by atoms with Crippen LogP contribution in [0.1, 0.15) is 29.9 Å². The molecule has 2 N–H and O–H groups in total. The second kappa shape index (κ2) is 13.5. The second-order valence-corrected chi connectivity index (χ2v) is 15.2. The Labute approximate surface area is 328 Å². The number of benzene rings is 4. The molecule has 15 nitrogen and oxygen atoms in total. The number of allylic oxidation sites excluding steroid dienone is 2. The first-order chi connectivity index (χ1) is 27.1. The molecule has 0 bridgehead atoms. The van der Waals surface area contributed by atoms with Gasteiger partial charge in [0.2, 0.25) is 11.8 Å². The van der Waals surface area contributed by atoms with E-state index in [4.69, 9.17) is 11.6 Å². The molecule has 2 aliphatic carbocycles. The van der Waals surface area contributed by atoms with E-state index in [0.717, 1.165) is 22.0 Å². The van der Waals surface area contributed by atoms with Crippen molar-refractivity contribution in [3.63, 3.8) is 0 Å². The maximum atomic E-state index is 15.2. The van der Waals surface area contributed by atoms with Gasteiger partial charge in [-0.3, -0.25) is 44.8 Å². The third-order valence-electron chi connectivity index (χ3n) is 11.6. The predicted octanol–water partition coefficient (Wildman–Crippen LogP) is 6.26. The molecule has 3 fully saturated rings. The van der Waals surface area contributed by atoms with E-state index < -0.39 is 85.7 Å². The largest absolute Gasteiger partial charge is 0.508 e. The topological polar surface area (TPSA) is 197 Å². The number of nitro groups is 2. The molecule has 290 valence electrons. The third-order valence-corrected chi connectivity index (χ3v) is 11.9. The highest BCUT2D eigenvalue weighted by atomic mass is 35.5. The Hall–Kier alpha value is -6.68. The molecule has 57 heavy (non-hydrogen) atoms. The SMILES string of the molecule is CN(C)c1c([N+](=O)[O-])cc(N2C(=O)C3CC=C4C(CC5C(=O)N(Nc6ccc(F)cc6)C(=O)C5(c5ccc(Cl)cc5)C4c4ccc(O)cc4)C3C2=O)cc1[N+](=O)[O-]. The van der Waals surface area contributed by atoms with Crippen LogP contribution in [0, 0.1) is 49.7 Å². The van der Waals surface area contributed by atoms with Crippen LogP contribution in [0.25, 0.3) is 0 Å². The van der Waals surface area contributed by atoms with Gasteiger partial charge in [0.05, 0.1) is 44.4 Å². The van der Waals surface area contributed by atoms with Gasteiger partial charge in [-0.05, 0) is 78.4 Å². The first-order valence-corrected chi connectivity index (χ1v) is 18.2. The van der Waals surface area contributed by atoms with E-state index in [1.54, 1.807) is 42.5 Å². The van der Waals surface area contributed by atoms with Gasteiger partial charge in [-0.25, -0.2) is 9.29 Å². The van der Waals surface area contributed by atoms with Crippen molar-refractivity contribution in [2.75, 3.05) is 29.3 Å². The average molecular weight is 795 g/mol. The van der Waals surface area contributed by atoms with Crippen LogP contribution in [0.4, 0.5) is 32.8 Å². The lowest BCUT2D eigenvalue weighted by Crippen LogP contribution is -2.53. The summed E-state index contributed by atoms with van der Waals surface area (Å²) in [6.45, 7) is 0. The number of aromatic hydroxyl groups is 1. The maximum absolute atomic E-state index is 15.2. The molecule has 4 aliphatic rings. The normalized spacial score (nSPS) is 25.1. The number of carbonyl (C=O) groups is 4. The quantitative estimate of drug-likeness (QED) is 0.0885. The molecule has 0 spiro atoms. The van der Waals surface area contributed by atoms with Crippen molar-refractivity contribution >= 4 is 63.7 Å². The summed E-state index contributed by atoms with van der Waals surface area (Å²) in [5.74, 6) is -8.41. The van der Waals surface area contributed by atoms with Gasteiger partial charge in [-0.15, -0.1) is 0 Å². The molecule has 4 aromatic carbocycles. The predicted molar refractivity (Wildman–Crippen MR) is 204 cm³/mol. The molecule has 2 saturated heterocycles. The Balaban J connectivity index is 1.30. The highest BCUT2D eigenvalue weighted by Crippen LogP contribution is 2.64. The fraction of sp³-hybridized carbons (Fsp3) is 0.250. The average Bonchev–Trinajstić information content (AvgIpc) is 3.56. The number of nitro benzene ring substituents is 2. The lowest BCUT2D eigenvalue weighted by Gasteiger charge is -2.50. The minimum atomic E-state index is -1.66. The van der Waals surface area contributed by atoms with Gasteiger partial charge in [-0.1, -0.05) is 47.5 Å². The summed E-state index contributed by atoms with van der Waals surface area (Å²) < 4.78 is 13.9. The summed E-state index contributed by atoms with van der Waals surface area (Å²) in [7, 11) is 2.79. The molecule has 6 atom stereocenters. The molecule has 2 heterocycles. The van der Waals surface area contributed by atoms with Gasteiger partial charge in [0, 0.05) is 37.2 Å². The first-order valence-electron chi connectivity index (χ1n) is 17.8. The fourth-order valence-electron chi connectivity index (χ4n) is 9.41. The van der Waals surface area contributed by atoms with Crippen molar-refractivity contribution in [1.29, 1.82) is 0 Å². The molecule has 4 amide bonds. The molecular formula is C40H32ClFN6O9. The summed E-state index contributed by atoms with van der Waals surface area (Å²) in [5.41, 5.74) is 0.976. The highest BCUT2D eigenvalue weighted by molar-refractivity contribution is 6.30. The van der Waals surface area contributed by atoms with Crippen LogP contribution in [0.2, 0.25) is 5.02 Å². The summed E-state index contributed by atoms with van der Waals surface area (Å²) in [6, 6.07) is 19.6. The number of nitrogens with one attached hydrogen (secondary N) is 1. The van der Waals surface area contributed by atoms with Gasteiger partial charge < -0.3 is 10.0 Å². The minimum Gasteiger partial charge on any atom is -0.508 e. The summed E-state index contributed by atoms with van der Waals surface area (Å²) in [4.78, 5) is 83.7. The Morgan fingerprint density at radius 2 is 1.47 bits per heavy atom. The van der Waals surface area contributed by atoms with Crippen LogP contribution in [0.3, 0.4) is 0 Å². The number of hydrogen-bond acceptors (Lipinski definition) is 11. The van der Waals surface area contributed by atoms with Crippen molar-refractivity contribution < 1.29 is 38.5 Å². The first kappa shape index (κ1) is 37.3. The van der Waals surface area contributed by atoms with E-state index in [1.165, 1.54) is 55.4 Å². The number of anilines is 3. The number of halogens is 2. The molecule has 17 heteroatoms. The third kappa shape index (κ3) is 5.61. The lowest BCUT2D eigenvalue weighted by molar-refractivity contribution is -0.392. The van der Waals surface area contributed by atoms with Crippen molar-refractivity contribution in [2.45, 2.75) is 24.2 Å². The zero-order valence-corrected chi connectivity index (χ0v) is 30.9. The van der Waals surface area contributed by atoms with Crippen LogP contribution in [0.5, 0.6) is 5.75 Å². The van der Waals surface area contributed by atoms with Gasteiger partial charge in [-0.2, -0.15) is 5.01 Å². The Morgan fingerprint density at radius 1 is 0.860 bits per heavy atom. The van der Waals surface area contributed by atoms with Crippen molar-refractivity contribution in [3.8, 4) is 5.75 Å². The van der Waals surface area contributed by atoms with Crippen molar-refractivity contribution in [2.24, 2.45) is 23.7 Å². The zero-order valence-electron chi connectivity index (χ0n) is 30.2. The monoisotopic (exact) mass is 794 g/mol. The van der Waals surface area contributed by atoms with E-state index in [9.17, 15) is 44.1 Å². The van der Waals surface area contributed by atoms with Gasteiger partial charge in [0.15, 0.2) is 5.69 Å². The molecule has 6 unspecified atom stereocenters. The lowest BCUT2D eigenvalue weighted by atomic mass is 9.49. The van der Waals surface area contributed by atoms with E-state index >= 15 is 4.79 Å². The smallest absolute Gasteiger partial charge is 0.301 e. The van der Waals surface area contributed by atoms with E-state index in [0.29, 0.717) is 21.7 Å². The second-order valence-electron chi connectivity index (χ2n) is 14.7. The molecule has 0 radical (unpaired) electrons. The Morgan fingerprint density at radius 3 is 2.05 bits per heavy atom. The summed E-state index contributed by atoms with van der Waals surface area (Å²) in [5, 5.41) is 36.0. The van der Waals surface area contributed by atoms with E-state index in [-0.39, 0.29) is 35.7 Å². The van der Waals surface area contributed by atoms with E-state index in [2.05, 4.69) is 5.43 Å². The number of rotatable bonds is 8. The number of phenols is 1. The number of amides is 4. The summed E-state index contributed by atoms with van der Waals surface area (Å²) >= 11 is 6.32. The number of nitrogens with zero attached hydrogens (tertiary/aromatic N) is 5. The number of imide groups is 2. The van der Waals surface area contributed by atoms with Crippen LogP contribution in [0.15, 0.2) is 96.6 Å². The van der Waals surface area contributed by atoms with Crippen LogP contribution in [-0.4, -0.2) is 57.7 Å². The molecule has 8 rings (SSSR count). The number of fused-ring (bicyclic) bond motifs is 4. The van der Waals surface area contributed by atoms with Gasteiger partial charge in [0.1, 0.15) is 11.6 Å². The van der Waals surface area contributed by atoms with Crippen LogP contribution < -0.4 is 15.2 Å².